The zero-order valence-corrected chi connectivity index (χ0v) is 26.4. The van der Waals surface area contributed by atoms with E-state index in [9.17, 15) is 14.7 Å². The molecule has 0 bridgehead atoms. The van der Waals surface area contributed by atoms with E-state index in [1.165, 1.54) is 5.56 Å². The fourth-order valence-electron chi connectivity index (χ4n) is 5.52. The van der Waals surface area contributed by atoms with Crippen LogP contribution in [0.15, 0.2) is 78.9 Å². The van der Waals surface area contributed by atoms with Crippen LogP contribution in [0.3, 0.4) is 0 Å². The van der Waals surface area contributed by atoms with Crippen LogP contribution in [0, 0.1) is 5.92 Å². The van der Waals surface area contributed by atoms with Crippen LogP contribution in [0.4, 0.5) is 5.69 Å². The van der Waals surface area contributed by atoms with E-state index in [2.05, 4.69) is 36.3 Å². The van der Waals surface area contributed by atoms with E-state index < -0.39 is 6.04 Å². The summed E-state index contributed by atoms with van der Waals surface area (Å²) in [4.78, 5) is 31.2. The number of anilines is 1. The SMILES string of the molecule is C[C@H](CO)N1C[C@H](C)[C@@H](CN(C)Cc2ccccc2)OCCCC[C@H](C)Oc2ccc(NC(=O)c3ccccc3)cc2C1=O. The number of likely N-dealkylation sites (N-methyl/N-ethyl adjacent to an activating group) is 1. The summed E-state index contributed by atoms with van der Waals surface area (Å²) >= 11 is 0. The van der Waals surface area contributed by atoms with Crippen molar-refractivity contribution in [3.63, 3.8) is 0 Å². The maximum atomic E-state index is 14.3. The largest absolute Gasteiger partial charge is 0.490 e. The number of amides is 2. The standard InChI is InChI=1S/C36H47N3O5/c1-26-22-39(27(2)25-40)36(42)32-21-31(37-35(41)30-16-9-6-10-17-30)18-19-33(32)44-28(3)13-11-12-20-43-34(26)24-38(4)23-29-14-7-5-8-15-29/h5-10,14-19,21,26-28,34,40H,11-13,20,22-25H2,1-4H3,(H,37,41)/t26-,27+,28-,34+/m0/s1. The summed E-state index contributed by atoms with van der Waals surface area (Å²) < 4.78 is 12.8. The smallest absolute Gasteiger partial charge is 0.258 e. The van der Waals surface area contributed by atoms with Gasteiger partial charge in [-0.15, -0.1) is 0 Å². The summed E-state index contributed by atoms with van der Waals surface area (Å²) in [7, 11) is 2.09. The van der Waals surface area contributed by atoms with Gasteiger partial charge in [0.25, 0.3) is 11.8 Å². The van der Waals surface area contributed by atoms with Crippen LogP contribution in [0.2, 0.25) is 0 Å². The van der Waals surface area contributed by atoms with Crippen LogP contribution in [0.25, 0.3) is 0 Å². The van der Waals surface area contributed by atoms with E-state index >= 15 is 0 Å². The molecule has 8 nitrogen and oxygen atoms in total. The molecule has 3 aromatic rings. The Bertz CT molecular complexity index is 1340. The number of carbonyl (C=O) groups is 2. The molecule has 0 aliphatic carbocycles. The van der Waals surface area contributed by atoms with Crippen LogP contribution in [0.5, 0.6) is 5.75 Å². The Morgan fingerprint density at radius 2 is 1.75 bits per heavy atom. The fourth-order valence-corrected chi connectivity index (χ4v) is 5.52. The third-order valence-electron chi connectivity index (χ3n) is 8.13. The predicted octanol–water partition coefficient (Wildman–Crippen LogP) is 5.87. The van der Waals surface area contributed by atoms with Crippen LogP contribution in [-0.4, -0.2) is 78.3 Å². The molecule has 2 N–H and O–H groups in total. The molecular weight excluding hydrogens is 554 g/mol. The van der Waals surface area contributed by atoms with Crippen molar-refractivity contribution in [2.75, 3.05) is 38.7 Å². The molecule has 1 heterocycles. The summed E-state index contributed by atoms with van der Waals surface area (Å²) in [6.07, 6.45) is 2.42. The molecular formula is C36H47N3O5. The molecule has 0 aromatic heterocycles. The predicted molar refractivity (Wildman–Crippen MR) is 174 cm³/mol. The van der Waals surface area contributed by atoms with Crippen LogP contribution < -0.4 is 10.1 Å². The number of nitrogens with one attached hydrogen (secondary N) is 1. The maximum Gasteiger partial charge on any atom is 0.258 e. The minimum absolute atomic E-state index is 0.0154. The lowest BCUT2D eigenvalue weighted by Gasteiger charge is -2.36. The van der Waals surface area contributed by atoms with Gasteiger partial charge in [-0.3, -0.25) is 14.5 Å². The molecule has 0 fully saturated rings. The molecule has 8 heteroatoms. The Morgan fingerprint density at radius 3 is 2.45 bits per heavy atom. The van der Waals surface area contributed by atoms with E-state index in [0.717, 1.165) is 25.8 Å². The molecule has 0 saturated heterocycles. The number of ether oxygens (including phenoxy) is 2. The minimum Gasteiger partial charge on any atom is -0.490 e. The summed E-state index contributed by atoms with van der Waals surface area (Å²) in [5, 5.41) is 13.1. The highest BCUT2D eigenvalue weighted by molar-refractivity contribution is 6.05. The number of hydrogen-bond acceptors (Lipinski definition) is 6. The zero-order chi connectivity index (χ0) is 31.5. The summed E-state index contributed by atoms with van der Waals surface area (Å²) in [6, 6.07) is 24.1. The first-order valence-electron chi connectivity index (χ1n) is 15.7. The average Bonchev–Trinajstić information content (AvgIpc) is 3.03. The second kappa shape index (κ2) is 16.4. The molecule has 4 rings (SSSR count). The Morgan fingerprint density at radius 1 is 1.05 bits per heavy atom. The first-order valence-corrected chi connectivity index (χ1v) is 15.7. The Kier molecular flexibility index (Phi) is 12.4. The Balaban J connectivity index is 1.61. The van der Waals surface area contributed by atoms with E-state index in [1.807, 2.05) is 50.2 Å². The number of aliphatic hydroxyl groups is 1. The Labute approximate surface area is 262 Å². The van der Waals surface area contributed by atoms with Gasteiger partial charge in [0.2, 0.25) is 0 Å². The van der Waals surface area contributed by atoms with E-state index in [1.54, 1.807) is 35.2 Å². The number of rotatable bonds is 8. The van der Waals surface area contributed by atoms with Crippen LogP contribution in [0.1, 0.15) is 66.3 Å². The number of carbonyl (C=O) groups excluding carboxylic acids is 2. The molecule has 0 saturated carbocycles. The highest BCUT2D eigenvalue weighted by Gasteiger charge is 2.30. The molecule has 236 valence electrons. The Hall–Kier alpha value is -3.72. The molecule has 4 atom stereocenters. The van der Waals surface area contributed by atoms with Gasteiger partial charge in [-0.25, -0.2) is 0 Å². The van der Waals surface area contributed by atoms with Crippen molar-refractivity contribution < 1.29 is 24.2 Å². The number of hydrogen-bond donors (Lipinski definition) is 2. The van der Waals surface area contributed by atoms with Gasteiger partial charge in [0.1, 0.15) is 5.75 Å². The second-order valence-electron chi connectivity index (χ2n) is 12.0. The van der Waals surface area contributed by atoms with Crippen molar-refractivity contribution in [1.82, 2.24) is 9.80 Å². The van der Waals surface area contributed by atoms with Crippen molar-refractivity contribution in [2.45, 2.75) is 64.8 Å². The van der Waals surface area contributed by atoms with Gasteiger partial charge < -0.3 is 24.8 Å². The van der Waals surface area contributed by atoms with Gasteiger partial charge in [-0.2, -0.15) is 0 Å². The summed E-state index contributed by atoms with van der Waals surface area (Å²) in [5.41, 5.74) is 2.61. The van der Waals surface area contributed by atoms with Crippen molar-refractivity contribution in [3.05, 3.63) is 95.6 Å². The van der Waals surface area contributed by atoms with Crippen molar-refractivity contribution in [1.29, 1.82) is 0 Å². The van der Waals surface area contributed by atoms with Crippen LogP contribution >= 0.6 is 0 Å². The maximum absolute atomic E-state index is 14.3. The lowest BCUT2D eigenvalue weighted by Crippen LogP contribution is -2.47. The molecule has 0 radical (unpaired) electrons. The molecule has 1 aliphatic heterocycles. The number of fused-ring (bicyclic) bond motifs is 1. The molecule has 0 spiro atoms. The van der Waals surface area contributed by atoms with Gasteiger partial charge in [0, 0.05) is 43.4 Å². The normalized spacial score (nSPS) is 20.7. The van der Waals surface area contributed by atoms with Gasteiger partial charge >= 0.3 is 0 Å². The average molecular weight is 602 g/mol. The molecule has 44 heavy (non-hydrogen) atoms. The topological polar surface area (TPSA) is 91.3 Å². The third kappa shape index (κ3) is 9.39. The first-order chi connectivity index (χ1) is 21.2. The number of aliphatic hydroxyl groups excluding tert-OH is 1. The molecule has 1 aliphatic rings. The van der Waals surface area contributed by atoms with Gasteiger partial charge in [0.15, 0.2) is 0 Å². The monoisotopic (exact) mass is 601 g/mol. The van der Waals surface area contributed by atoms with E-state index in [4.69, 9.17) is 9.47 Å². The van der Waals surface area contributed by atoms with Gasteiger partial charge in [-0.1, -0.05) is 55.5 Å². The van der Waals surface area contributed by atoms with Gasteiger partial charge in [-0.05, 0) is 76.1 Å². The molecule has 2 amide bonds. The molecule has 0 unspecified atom stereocenters. The fraction of sp³-hybridized carbons (Fsp3) is 0.444. The number of benzene rings is 3. The third-order valence-corrected chi connectivity index (χ3v) is 8.13. The van der Waals surface area contributed by atoms with E-state index in [-0.39, 0.29) is 36.5 Å². The quantitative estimate of drug-likeness (QED) is 0.336. The van der Waals surface area contributed by atoms with Crippen LogP contribution in [-0.2, 0) is 11.3 Å². The lowest BCUT2D eigenvalue weighted by atomic mass is 10.0. The van der Waals surface area contributed by atoms with Crippen molar-refractivity contribution >= 4 is 17.5 Å². The highest BCUT2D eigenvalue weighted by atomic mass is 16.5. The minimum atomic E-state index is -0.437. The zero-order valence-electron chi connectivity index (χ0n) is 26.4. The van der Waals surface area contributed by atoms with Gasteiger partial charge in [0.05, 0.1) is 30.4 Å². The van der Waals surface area contributed by atoms with E-state index in [0.29, 0.717) is 42.3 Å². The summed E-state index contributed by atoms with van der Waals surface area (Å²) in [6.45, 7) is 8.28. The number of nitrogens with zero attached hydrogens (tertiary/aromatic N) is 2. The summed E-state index contributed by atoms with van der Waals surface area (Å²) in [5.74, 6) is -0.0688. The second-order valence-corrected chi connectivity index (χ2v) is 12.0. The lowest BCUT2D eigenvalue weighted by molar-refractivity contribution is -0.0177. The van der Waals surface area contributed by atoms with Crippen molar-refractivity contribution in [2.24, 2.45) is 5.92 Å². The van der Waals surface area contributed by atoms with Crippen molar-refractivity contribution in [3.8, 4) is 5.75 Å². The first kappa shape index (κ1) is 33.2. The molecule has 3 aromatic carbocycles. The highest BCUT2D eigenvalue weighted by Crippen LogP contribution is 2.29.